The van der Waals surface area contributed by atoms with Gasteiger partial charge >= 0.3 is 11.7 Å². The molecule has 0 saturated carbocycles. The van der Waals surface area contributed by atoms with Crippen LogP contribution >= 0.6 is 0 Å². The Hall–Kier alpha value is -3.04. The van der Waals surface area contributed by atoms with E-state index >= 15 is 0 Å². The molecule has 0 aliphatic carbocycles. The number of carbonyl (C=O) groups is 1. The van der Waals surface area contributed by atoms with Gasteiger partial charge in [-0.1, -0.05) is 13.3 Å². The van der Waals surface area contributed by atoms with Crippen molar-refractivity contribution in [3.63, 3.8) is 0 Å². The van der Waals surface area contributed by atoms with Crippen molar-refractivity contribution in [1.29, 1.82) is 0 Å². The fraction of sp³-hybridized carbons (Fsp3) is 0.385. The van der Waals surface area contributed by atoms with E-state index in [1.807, 2.05) is 6.92 Å². The number of anilines is 1. The van der Waals surface area contributed by atoms with Crippen LogP contribution in [0.4, 0.5) is 17.1 Å². The van der Waals surface area contributed by atoms with Crippen LogP contribution < -0.4 is 5.43 Å². The van der Waals surface area contributed by atoms with Crippen molar-refractivity contribution in [1.82, 2.24) is 0 Å². The van der Waals surface area contributed by atoms with Crippen LogP contribution in [0.1, 0.15) is 26.7 Å². The second-order valence-electron chi connectivity index (χ2n) is 4.54. The van der Waals surface area contributed by atoms with E-state index in [9.17, 15) is 25.0 Å². The Bertz CT molecular complexity index is 631. The molecule has 1 N–H and O–H groups in total. The predicted octanol–water partition coefficient (Wildman–Crippen LogP) is 2.63. The van der Waals surface area contributed by atoms with Crippen LogP contribution in [0, 0.1) is 20.2 Å². The smallest absolute Gasteiger partial charge is 0.303 e. The molecule has 0 fully saturated rings. The molecule has 0 aromatic heterocycles. The number of esters is 1. The highest BCUT2D eigenvalue weighted by Crippen LogP contribution is 2.28. The molecule has 0 aliphatic rings. The standard InChI is InChI=1S/C13H16N4O6/c1-3-4-11(23-9(2)18)8-14-15-12-6-5-10(16(19)20)7-13(12)17(21)22/h5-8,11,15H,3-4H2,1-2H3/b14-8+. The van der Waals surface area contributed by atoms with Gasteiger partial charge in [0.05, 0.1) is 22.1 Å². The van der Waals surface area contributed by atoms with Gasteiger partial charge in [-0.3, -0.25) is 30.4 Å². The van der Waals surface area contributed by atoms with Crippen LogP contribution in [0.5, 0.6) is 0 Å². The van der Waals surface area contributed by atoms with E-state index < -0.39 is 33.3 Å². The number of nitrogens with zero attached hydrogens (tertiary/aromatic N) is 3. The quantitative estimate of drug-likeness (QED) is 0.336. The maximum atomic E-state index is 11.0. The number of non-ortho nitro benzene ring substituents is 1. The third-order valence-corrected chi connectivity index (χ3v) is 2.71. The highest BCUT2D eigenvalue weighted by Gasteiger charge is 2.19. The average Bonchev–Trinajstić information content (AvgIpc) is 2.46. The summed E-state index contributed by atoms with van der Waals surface area (Å²) in [5, 5.41) is 25.4. The number of carbonyl (C=O) groups excluding carboxylic acids is 1. The lowest BCUT2D eigenvalue weighted by Crippen LogP contribution is -2.18. The molecule has 0 spiro atoms. The van der Waals surface area contributed by atoms with Gasteiger partial charge in [-0.2, -0.15) is 5.10 Å². The zero-order valence-electron chi connectivity index (χ0n) is 12.6. The van der Waals surface area contributed by atoms with Gasteiger partial charge in [-0.05, 0) is 12.5 Å². The summed E-state index contributed by atoms with van der Waals surface area (Å²) in [6.45, 7) is 3.17. The number of hydrazone groups is 1. The van der Waals surface area contributed by atoms with E-state index in [-0.39, 0.29) is 5.69 Å². The van der Waals surface area contributed by atoms with Crippen LogP contribution in [-0.2, 0) is 9.53 Å². The molecular formula is C13H16N4O6. The van der Waals surface area contributed by atoms with E-state index in [2.05, 4.69) is 10.5 Å². The largest absolute Gasteiger partial charge is 0.457 e. The molecule has 10 heteroatoms. The summed E-state index contributed by atoms with van der Waals surface area (Å²) in [5.74, 6) is -0.462. The minimum Gasteiger partial charge on any atom is -0.457 e. The van der Waals surface area contributed by atoms with E-state index in [0.717, 1.165) is 18.6 Å². The highest BCUT2D eigenvalue weighted by atomic mass is 16.6. The van der Waals surface area contributed by atoms with Crippen molar-refractivity contribution >= 4 is 29.2 Å². The molecule has 1 rings (SSSR count). The molecule has 1 aromatic rings. The third-order valence-electron chi connectivity index (χ3n) is 2.71. The van der Waals surface area contributed by atoms with Gasteiger partial charge in [0, 0.05) is 13.0 Å². The Kier molecular flexibility index (Phi) is 6.59. The monoisotopic (exact) mass is 324 g/mol. The molecule has 0 radical (unpaired) electrons. The maximum Gasteiger partial charge on any atom is 0.303 e. The van der Waals surface area contributed by atoms with E-state index in [4.69, 9.17) is 4.74 Å². The van der Waals surface area contributed by atoms with Gasteiger partial charge in [0.2, 0.25) is 0 Å². The van der Waals surface area contributed by atoms with Gasteiger partial charge in [0.1, 0.15) is 11.8 Å². The van der Waals surface area contributed by atoms with Gasteiger partial charge in [-0.25, -0.2) is 0 Å². The number of hydrogen-bond acceptors (Lipinski definition) is 8. The number of benzene rings is 1. The number of rotatable bonds is 8. The van der Waals surface area contributed by atoms with Gasteiger partial charge in [0.25, 0.3) is 5.69 Å². The fourth-order valence-corrected chi connectivity index (χ4v) is 1.73. The van der Waals surface area contributed by atoms with Crippen LogP contribution in [0.3, 0.4) is 0 Å². The Morgan fingerprint density at radius 3 is 2.61 bits per heavy atom. The first-order valence-electron chi connectivity index (χ1n) is 6.74. The molecule has 1 atom stereocenters. The molecule has 1 aromatic carbocycles. The number of nitro groups is 2. The lowest BCUT2D eigenvalue weighted by atomic mass is 10.2. The lowest BCUT2D eigenvalue weighted by Gasteiger charge is -2.10. The summed E-state index contributed by atoms with van der Waals surface area (Å²) in [5.41, 5.74) is 1.56. The minimum atomic E-state index is -0.750. The summed E-state index contributed by atoms with van der Waals surface area (Å²) < 4.78 is 5.01. The van der Waals surface area contributed by atoms with Crippen molar-refractivity contribution in [2.24, 2.45) is 5.10 Å². The van der Waals surface area contributed by atoms with E-state index in [1.165, 1.54) is 19.2 Å². The topological polar surface area (TPSA) is 137 Å². The molecule has 0 amide bonds. The summed E-state index contributed by atoms with van der Waals surface area (Å²) in [6.07, 6.45) is 2.06. The zero-order valence-corrected chi connectivity index (χ0v) is 12.6. The molecule has 0 heterocycles. The average molecular weight is 324 g/mol. The van der Waals surface area contributed by atoms with Crippen molar-refractivity contribution in [3.05, 3.63) is 38.4 Å². The zero-order chi connectivity index (χ0) is 17.4. The van der Waals surface area contributed by atoms with Crippen LogP contribution in [0.2, 0.25) is 0 Å². The number of nitrogens with one attached hydrogen (secondary N) is 1. The first-order valence-corrected chi connectivity index (χ1v) is 6.74. The Balaban J connectivity index is 2.90. The summed E-state index contributed by atoms with van der Waals surface area (Å²) in [7, 11) is 0. The lowest BCUT2D eigenvalue weighted by molar-refractivity contribution is -0.393. The van der Waals surface area contributed by atoms with Gasteiger partial charge in [-0.15, -0.1) is 0 Å². The summed E-state index contributed by atoms with van der Waals surface area (Å²) in [4.78, 5) is 31.1. The second-order valence-corrected chi connectivity index (χ2v) is 4.54. The van der Waals surface area contributed by atoms with Crippen molar-refractivity contribution in [3.8, 4) is 0 Å². The first-order chi connectivity index (χ1) is 10.8. The normalized spacial score (nSPS) is 11.9. The molecule has 0 bridgehead atoms. The molecule has 0 saturated heterocycles. The van der Waals surface area contributed by atoms with Gasteiger partial charge < -0.3 is 4.74 Å². The summed E-state index contributed by atoms with van der Waals surface area (Å²) in [6, 6.07) is 3.15. The number of hydrogen-bond donors (Lipinski definition) is 1. The van der Waals surface area contributed by atoms with E-state index in [0.29, 0.717) is 6.42 Å². The first kappa shape index (κ1) is 18.0. The molecular weight excluding hydrogens is 308 g/mol. The van der Waals surface area contributed by atoms with Crippen LogP contribution in [0.25, 0.3) is 0 Å². The summed E-state index contributed by atoms with van der Waals surface area (Å²) >= 11 is 0. The maximum absolute atomic E-state index is 11.0. The Labute approximate surface area is 131 Å². The SMILES string of the molecule is CCCC(/C=N/Nc1ccc([N+](=O)[O-])cc1[N+](=O)[O-])OC(C)=O. The highest BCUT2D eigenvalue weighted by molar-refractivity contribution is 5.73. The van der Waals surface area contributed by atoms with Crippen LogP contribution in [-0.4, -0.2) is 28.1 Å². The minimum absolute atomic E-state index is 0.00470. The predicted molar refractivity (Wildman–Crippen MR) is 82.3 cm³/mol. The molecule has 0 aliphatic heterocycles. The van der Waals surface area contributed by atoms with Crippen LogP contribution in [0.15, 0.2) is 23.3 Å². The molecule has 1 unspecified atom stereocenters. The van der Waals surface area contributed by atoms with Crippen molar-refractivity contribution < 1.29 is 19.4 Å². The molecule has 124 valence electrons. The number of nitro benzene ring substituents is 2. The number of ether oxygens (including phenoxy) is 1. The van der Waals surface area contributed by atoms with E-state index in [1.54, 1.807) is 0 Å². The van der Waals surface area contributed by atoms with Crippen molar-refractivity contribution in [2.75, 3.05) is 5.43 Å². The molecule has 10 nitrogen and oxygen atoms in total. The fourth-order valence-electron chi connectivity index (χ4n) is 1.73. The van der Waals surface area contributed by atoms with Gasteiger partial charge in [0.15, 0.2) is 0 Å². The second kappa shape index (κ2) is 8.41. The van der Waals surface area contributed by atoms with Crippen molar-refractivity contribution in [2.45, 2.75) is 32.8 Å². The molecule has 23 heavy (non-hydrogen) atoms. The Morgan fingerprint density at radius 1 is 1.39 bits per heavy atom. The third kappa shape index (κ3) is 5.69. The Morgan fingerprint density at radius 2 is 2.09 bits per heavy atom.